The molecular weight excluding hydrogens is 296 g/mol. The third-order valence-electron chi connectivity index (χ3n) is 3.37. The number of carbonyl (C=O) groups is 2. The molecule has 1 radical (unpaired) electrons. The Balaban J connectivity index is 2.65. The summed E-state index contributed by atoms with van der Waals surface area (Å²) in [7, 11) is 0. The van der Waals surface area contributed by atoms with E-state index in [1.165, 1.54) is 18.6 Å². The zero-order valence-corrected chi connectivity index (χ0v) is 13.7. The monoisotopic (exact) mass is 319 g/mol. The molecule has 0 saturated carbocycles. The van der Waals surface area contributed by atoms with E-state index in [2.05, 4.69) is 11.7 Å². The van der Waals surface area contributed by atoms with Crippen LogP contribution in [-0.4, -0.2) is 24.8 Å². The molecule has 1 rings (SSSR count). The van der Waals surface area contributed by atoms with Crippen molar-refractivity contribution in [3.63, 3.8) is 0 Å². The largest absolute Gasteiger partial charge is 0.513 e. The first-order valence-electron chi connectivity index (χ1n) is 8.02. The molecule has 0 fully saturated rings. The van der Waals surface area contributed by atoms with Crippen molar-refractivity contribution in [3.8, 4) is 5.75 Å². The maximum absolute atomic E-state index is 12.1. The second-order valence-corrected chi connectivity index (χ2v) is 5.19. The normalized spacial score (nSPS) is 10.2. The lowest BCUT2D eigenvalue weighted by molar-refractivity contribution is 0.0979. The summed E-state index contributed by atoms with van der Waals surface area (Å²) in [6, 6.07) is 4.36. The number of Topliss-reactive ketones (excluding diaryl/α,β-unsaturated/α-hetero) is 1. The van der Waals surface area contributed by atoms with E-state index in [0.29, 0.717) is 12.0 Å². The predicted molar refractivity (Wildman–Crippen MR) is 86.6 cm³/mol. The van der Waals surface area contributed by atoms with Gasteiger partial charge in [-0.05, 0) is 31.5 Å². The van der Waals surface area contributed by atoms with Crippen molar-refractivity contribution in [1.29, 1.82) is 0 Å². The Hall–Kier alpha value is -2.17. The Morgan fingerprint density at radius 3 is 2.48 bits per heavy atom. The van der Waals surface area contributed by atoms with Gasteiger partial charge in [0.05, 0.1) is 12.2 Å². The van der Waals surface area contributed by atoms with Gasteiger partial charge in [-0.15, -0.1) is 0 Å². The third kappa shape index (κ3) is 6.63. The van der Waals surface area contributed by atoms with Crippen LogP contribution >= 0.6 is 0 Å². The average molecular weight is 319 g/mol. The highest BCUT2D eigenvalue weighted by molar-refractivity contribution is 5.98. The maximum Gasteiger partial charge on any atom is 0.513 e. The molecule has 0 saturated heterocycles. The Kier molecular flexibility index (Phi) is 8.65. The first kappa shape index (κ1) is 18.9. The lowest BCUT2D eigenvalue weighted by Crippen LogP contribution is -2.11. The molecule has 0 aliphatic carbocycles. The van der Waals surface area contributed by atoms with E-state index in [-0.39, 0.29) is 23.7 Å². The molecule has 1 aromatic carbocycles. The molecule has 0 aliphatic rings. The first-order valence-corrected chi connectivity index (χ1v) is 8.02. The van der Waals surface area contributed by atoms with Gasteiger partial charge in [0.25, 0.3) is 0 Å². The van der Waals surface area contributed by atoms with Crippen LogP contribution in [0, 0.1) is 0 Å². The molecule has 0 unspecified atom stereocenters. The van der Waals surface area contributed by atoms with Gasteiger partial charge >= 0.3 is 6.16 Å². The number of benzene rings is 1. The number of unbranched alkanes of at least 4 members (excludes halogenated alkanes) is 4. The highest BCUT2D eigenvalue weighted by Gasteiger charge is 2.14. The van der Waals surface area contributed by atoms with Crippen LogP contribution in [0.1, 0.15) is 68.3 Å². The molecule has 5 nitrogen and oxygen atoms in total. The number of ketones is 1. The lowest BCUT2D eigenvalue weighted by atomic mass is 10.0. The summed E-state index contributed by atoms with van der Waals surface area (Å²) in [5, 5.41) is 0. The lowest BCUT2D eigenvalue weighted by Gasteiger charge is -2.08. The van der Waals surface area contributed by atoms with Gasteiger partial charge in [-0.3, -0.25) is 9.59 Å². The summed E-state index contributed by atoms with van der Waals surface area (Å²) in [5.41, 5.74) is 0.463. The highest BCUT2D eigenvalue weighted by atomic mass is 16.7. The van der Waals surface area contributed by atoms with Gasteiger partial charge < -0.3 is 9.47 Å². The third-order valence-corrected chi connectivity index (χ3v) is 3.37. The molecule has 5 heteroatoms. The first-order chi connectivity index (χ1) is 11.1. The van der Waals surface area contributed by atoms with Crippen LogP contribution in [-0.2, 0) is 9.53 Å². The summed E-state index contributed by atoms with van der Waals surface area (Å²) in [6.45, 7) is 3.96. The fourth-order valence-electron chi connectivity index (χ4n) is 2.14. The van der Waals surface area contributed by atoms with E-state index < -0.39 is 6.16 Å². The minimum absolute atomic E-state index is 0.0271. The van der Waals surface area contributed by atoms with Crippen LogP contribution in [0.2, 0.25) is 0 Å². The number of rotatable bonds is 10. The van der Waals surface area contributed by atoms with E-state index in [1.54, 1.807) is 19.3 Å². The van der Waals surface area contributed by atoms with Gasteiger partial charge in [0, 0.05) is 12.0 Å². The minimum Gasteiger partial charge on any atom is -0.434 e. The standard InChI is InChI=1S/C18H23O5/c1-3-5-6-7-8-9-16(20)14-10-11-17(15(12-14)13-19)23-18(21)22-4-2/h10-12H,3-9H2,1-2H3. The van der Waals surface area contributed by atoms with Crippen LogP contribution in [0.3, 0.4) is 0 Å². The van der Waals surface area contributed by atoms with Crippen molar-refractivity contribution in [3.05, 3.63) is 29.3 Å². The topological polar surface area (TPSA) is 69.7 Å². The molecule has 0 atom stereocenters. The molecular formula is C18H23O5. The Bertz CT molecular complexity index is 536. The van der Waals surface area contributed by atoms with Gasteiger partial charge in [0.1, 0.15) is 5.75 Å². The molecule has 0 N–H and O–H groups in total. The van der Waals surface area contributed by atoms with Crippen LogP contribution in [0.15, 0.2) is 18.2 Å². The molecule has 0 bridgehead atoms. The van der Waals surface area contributed by atoms with Crippen molar-refractivity contribution < 1.29 is 23.9 Å². The average Bonchev–Trinajstić information content (AvgIpc) is 2.55. The van der Waals surface area contributed by atoms with Gasteiger partial charge in [-0.25, -0.2) is 4.79 Å². The molecule has 23 heavy (non-hydrogen) atoms. The van der Waals surface area contributed by atoms with E-state index >= 15 is 0 Å². The Labute approximate surface area is 137 Å². The van der Waals surface area contributed by atoms with Crippen molar-refractivity contribution in [1.82, 2.24) is 0 Å². The molecule has 0 spiro atoms. The molecule has 0 aromatic heterocycles. The summed E-state index contributed by atoms with van der Waals surface area (Å²) < 4.78 is 9.55. The smallest absolute Gasteiger partial charge is 0.434 e. The zero-order chi connectivity index (χ0) is 17.1. The van der Waals surface area contributed by atoms with Gasteiger partial charge in [-0.2, -0.15) is 0 Å². The van der Waals surface area contributed by atoms with E-state index in [4.69, 9.17) is 4.74 Å². The van der Waals surface area contributed by atoms with Crippen LogP contribution in [0.4, 0.5) is 4.79 Å². The minimum atomic E-state index is -0.890. The summed E-state index contributed by atoms with van der Waals surface area (Å²) in [4.78, 5) is 34.4. The number of ether oxygens (including phenoxy) is 2. The van der Waals surface area contributed by atoms with Crippen molar-refractivity contribution in [2.75, 3.05) is 6.61 Å². The second kappa shape index (κ2) is 10.5. The summed E-state index contributed by atoms with van der Waals surface area (Å²) >= 11 is 0. The van der Waals surface area contributed by atoms with Crippen molar-refractivity contribution >= 4 is 18.2 Å². The molecule has 0 heterocycles. The van der Waals surface area contributed by atoms with E-state index in [1.807, 2.05) is 0 Å². The SMILES string of the molecule is CCCCCCCC(=O)c1ccc(OC(=O)OCC)c([C]=O)c1. The number of carbonyl (C=O) groups excluding carboxylic acids is 3. The van der Waals surface area contributed by atoms with Crippen molar-refractivity contribution in [2.24, 2.45) is 0 Å². The van der Waals surface area contributed by atoms with Gasteiger partial charge in [-0.1, -0.05) is 32.6 Å². The predicted octanol–water partition coefficient (Wildman–Crippen LogP) is 4.22. The number of hydrogen-bond acceptors (Lipinski definition) is 5. The fourth-order valence-corrected chi connectivity index (χ4v) is 2.14. The number of hydrogen-bond donors (Lipinski definition) is 0. The van der Waals surface area contributed by atoms with Crippen molar-refractivity contribution in [2.45, 2.75) is 52.4 Å². The zero-order valence-electron chi connectivity index (χ0n) is 13.7. The summed E-state index contributed by atoms with van der Waals surface area (Å²) in [6.07, 6.45) is 6.57. The fraction of sp³-hybridized carbons (Fsp3) is 0.500. The molecule has 1 aromatic rings. The maximum atomic E-state index is 12.1. The molecule has 125 valence electrons. The van der Waals surface area contributed by atoms with E-state index in [0.717, 1.165) is 25.7 Å². The van der Waals surface area contributed by atoms with Gasteiger partial charge in [0.15, 0.2) is 5.78 Å². The Morgan fingerprint density at radius 2 is 1.83 bits per heavy atom. The van der Waals surface area contributed by atoms with Crippen LogP contribution in [0.5, 0.6) is 5.75 Å². The highest BCUT2D eigenvalue weighted by Crippen LogP contribution is 2.20. The molecule has 0 aliphatic heterocycles. The molecule has 0 amide bonds. The van der Waals surface area contributed by atoms with Crippen LogP contribution < -0.4 is 4.74 Å². The summed E-state index contributed by atoms with van der Waals surface area (Å²) in [5.74, 6) is 0.0126. The second-order valence-electron chi connectivity index (χ2n) is 5.19. The Morgan fingerprint density at radius 1 is 1.09 bits per heavy atom. The van der Waals surface area contributed by atoms with Crippen LogP contribution in [0.25, 0.3) is 0 Å². The van der Waals surface area contributed by atoms with Gasteiger partial charge in [0.2, 0.25) is 6.29 Å². The quantitative estimate of drug-likeness (QED) is 0.279. The van der Waals surface area contributed by atoms with E-state index in [9.17, 15) is 14.4 Å².